The molecule has 1 heterocycles. The first-order valence-corrected chi connectivity index (χ1v) is 10.6. The van der Waals surface area contributed by atoms with E-state index in [0.29, 0.717) is 6.66 Å². The van der Waals surface area contributed by atoms with Gasteiger partial charge < -0.3 is 25.4 Å². The quantitative estimate of drug-likeness (QED) is 0.414. The fourth-order valence-corrected chi connectivity index (χ4v) is 5.02. The average molecular weight is 395 g/mol. The highest BCUT2D eigenvalue weighted by atomic mass is 31.3. The van der Waals surface area contributed by atoms with Crippen LogP contribution in [0.3, 0.4) is 0 Å². The Morgan fingerprint density at radius 3 is 2.29 bits per heavy atom. The summed E-state index contributed by atoms with van der Waals surface area (Å²) in [4.78, 5) is 11.2. The van der Waals surface area contributed by atoms with E-state index < -0.39 is 58.3 Å². The first-order chi connectivity index (χ1) is 10.9. The van der Waals surface area contributed by atoms with E-state index in [1.165, 1.54) is 0 Å². The largest absolute Gasteiger partial charge is 0.394 e. The lowest BCUT2D eigenvalue weighted by molar-refractivity contribution is -0.245. The maximum Gasteiger partial charge on any atom is 0.367 e. The van der Waals surface area contributed by atoms with E-state index in [0.717, 1.165) is 13.6 Å². The summed E-state index contributed by atoms with van der Waals surface area (Å²) in [6, 6.07) is -1.39. The van der Waals surface area contributed by atoms with E-state index in [2.05, 4.69) is 14.4 Å². The molecule has 4 unspecified atom stereocenters. The Labute approximate surface area is 137 Å². The highest BCUT2D eigenvalue weighted by Gasteiger charge is 2.48. The summed E-state index contributed by atoms with van der Waals surface area (Å²) in [6.07, 6.45) is -6.19. The van der Waals surface area contributed by atoms with Gasteiger partial charge in [-0.3, -0.25) is 18.4 Å². The average Bonchev–Trinajstić information content (AvgIpc) is 2.45. The summed E-state index contributed by atoms with van der Waals surface area (Å²) in [6.45, 7) is 1.92. The minimum absolute atomic E-state index is 0.633. The van der Waals surface area contributed by atoms with Gasteiger partial charge in [-0.15, -0.1) is 4.73 Å². The SMILES string of the molecule is CC(=O)NC1[C@H](OP(C)(=O)OP(C)(=O)OF)OC(CO)[C@H](O)[C@@H]1O. The third kappa shape index (κ3) is 5.83. The molecule has 0 saturated carbocycles. The van der Waals surface area contributed by atoms with Gasteiger partial charge in [-0.25, -0.2) is 4.31 Å². The van der Waals surface area contributed by atoms with Crippen LogP contribution in [0.25, 0.3) is 0 Å². The fraction of sp³-hybridized carbons (Fsp3) is 0.900. The molecule has 4 N–H and O–H groups in total. The molecule has 0 spiro atoms. The van der Waals surface area contributed by atoms with Crippen molar-refractivity contribution in [1.82, 2.24) is 5.32 Å². The highest BCUT2D eigenvalue weighted by molar-refractivity contribution is 7.66. The number of aliphatic hydroxyl groups is 3. The molecule has 0 aromatic heterocycles. The van der Waals surface area contributed by atoms with Gasteiger partial charge in [0.1, 0.15) is 24.4 Å². The van der Waals surface area contributed by atoms with E-state index in [1.807, 2.05) is 0 Å². The second-order valence-corrected chi connectivity index (χ2v) is 9.32. The van der Waals surface area contributed by atoms with Crippen LogP contribution in [0.2, 0.25) is 0 Å². The lowest BCUT2D eigenvalue weighted by atomic mass is 9.97. The van der Waals surface area contributed by atoms with E-state index >= 15 is 0 Å². The molecule has 1 fully saturated rings. The van der Waals surface area contributed by atoms with Gasteiger partial charge in [-0.2, -0.15) is 0 Å². The van der Waals surface area contributed by atoms with Crippen molar-refractivity contribution in [3.8, 4) is 0 Å². The summed E-state index contributed by atoms with van der Waals surface area (Å²) in [7, 11) is -8.56. The fourth-order valence-electron chi connectivity index (χ4n) is 2.05. The molecule has 1 aliphatic rings. The van der Waals surface area contributed by atoms with Gasteiger partial charge in [0.15, 0.2) is 6.29 Å². The minimum atomic E-state index is -4.32. The Kier molecular flexibility index (Phi) is 7.48. The summed E-state index contributed by atoms with van der Waals surface area (Å²) < 4.78 is 53.4. The van der Waals surface area contributed by atoms with Crippen molar-refractivity contribution >= 4 is 21.1 Å². The van der Waals surface area contributed by atoms with E-state index in [4.69, 9.17) is 14.4 Å². The van der Waals surface area contributed by atoms with Crippen LogP contribution >= 0.6 is 15.2 Å². The first kappa shape index (κ1) is 21.6. The van der Waals surface area contributed by atoms with Crippen LogP contribution < -0.4 is 5.32 Å². The number of carbonyl (C=O) groups is 1. The number of halogens is 1. The third-order valence-electron chi connectivity index (χ3n) is 2.97. The number of hydrogen-bond donors (Lipinski definition) is 4. The molecule has 0 aromatic carbocycles. The van der Waals surface area contributed by atoms with Gasteiger partial charge in [0.2, 0.25) is 5.91 Å². The molecule has 7 atom stereocenters. The molecule has 1 saturated heterocycles. The standard InChI is InChI=1S/C10H20FNO10P2/c1-5(14)12-7-9(16)8(15)6(4-13)19-10(7)20-23(2,17)22-24(3,18)21-11/h6-10,13,15-16H,4H2,1-3H3,(H,12,14)/t6?,7?,8-,9+,10-,23?,24?/m0/s1. The van der Waals surface area contributed by atoms with Crippen molar-refractivity contribution in [3.63, 3.8) is 0 Å². The number of aliphatic hydroxyl groups excluding tert-OH is 3. The number of amides is 1. The predicted octanol–water partition coefficient (Wildman–Crippen LogP) is -0.490. The van der Waals surface area contributed by atoms with Crippen LogP contribution in [-0.4, -0.2) is 71.8 Å². The van der Waals surface area contributed by atoms with Gasteiger partial charge in [0.05, 0.1) is 6.61 Å². The number of rotatable bonds is 7. The summed E-state index contributed by atoms with van der Waals surface area (Å²) in [5.74, 6) is -0.633. The van der Waals surface area contributed by atoms with E-state index in [1.54, 1.807) is 0 Å². The maximum absolute atomic E-state index is 12.2. The summed E-state index contributed by atoms with van der Waals surface area (Å²) in [5, 5.41) is 31.2. The maximum atomic E-state index is 12.2. The predicted molar refractivity (Wildman–Crippen MR) is 76.8 cm³/mol. The van der Waals surface area contributed by atoms with Crippen molar-refractivity contribution in [2.75, 3.05) is 19.9 Å². The Hall–Kier alpha value is -0.420. The molecule has 1 amide bonds. The van der Waals surface area contributed by atoms with Crippen LogP contribution in [-0.2, 0) is 32.2 Å². The number of nitrogens with one attached hydrogen (secondary N) is 1. The zero-order valence-electron chi connectivity index (χ0n) is 13.1. The van der Waals surface area contributed by atoms with Crippen LogP contribution in [0.5, 0.6) is 0 Å². The van der Waals surface area contributed by atoms with E-state index in [-0.39, 0.29) is 0 Å². The third-order valence-corrected chi connectivity index (χ3v) is 6.18. The van der Waals surface area contributed by atoms with E-state index in [9.17, 15) is 28.7 Å². The lowest BCUT2D eigenvalue weighted by Crippen LogP contribution is -2.64. The van der Waals surface area contributed by atoms with Crippen LogP contribution in [0.15, 0.2) is 0 Å². The monoisotopic (exact) mass is 395 g/mol. The number of ether oxygens (including phenoxy) is 1. The zero-order valence-corrected chi connectivity index (χ0v) is 14.9. The van der Waals surface area contributed by atoms with Crippen LogP contribution in [0, 0.1) is 0 Å². The lowest BCUT2D eigenvalue weighted by Gasteiger charge is -2.42. The zero-order chi connectivity index (χ0) is 18.7. The second kappa shape index (κ2) is 8.31. The Morgan fingerprint density at radius 1 is 1.25 bits per heavy atom. The first-order valence-electron chi connectivity index (χ1n) is 6.67. The normalized spacial score (nSPS) is 35.7. The topological polar surface area (TPSA) is 161 Å². The molecule has 24 heavy (non-hydrogen) atoms. The smallest absolute Gasteiger partial charge is 0.367 e. The molecule has 142 valence electrons. The molecule has 11 nitrogen and oxygen atoms in total. The van der Waals surface area contributed by atoms with Crippen LogP contribution in [0.4, 0.5) is 4.53 Å². The highest BCUT2D eigenvalue weighted by Crippen LogP contribution is 2.62. The molecule has 0 aromatic rings. The summed E-state index contributed by atoms with van der Waals surface area (Å²) in [5.41, 5.74) is 0. The Balaban J connectivity index is 3.00. The Morgan fingerprint density at radius 2 is 1.83 bits per heavy atom. The molecule has 1 aliphatic heterocycles. The van der Waals surface area contributed by atoms with Gasteiger partial charge in [0, 0.05) is 20.3 Å². The van der Waals surface area contributed by atoms with Crippen molar-refractivity contribution in [2.45, 2.75) is 37.6 Å². The molecule has 1 rings (SSSR count). The minimum Gasteiger partial charge on any atom is -0.394 e. The van der Waals surface area contributed by atoms with Crippen molar-refractivity contribution in [1.29, 1.82) is 0 Å². The van der Waals surface area contributed by atoms with Gasteiger partial charge in [-0.1, -0.05) is 0 Å². The van der Waals surface area contributed by atoms with Crippen molar-refractivity contribution < 1.29 is 52.1 Å². The summed E-state index contributed by atoms with van der Waals surface area (Å²) >= 11 is 0. The van der Waals surface area contributed by atoms with Crippen molar-refractivity contribution in [3.05, 3.63) is 0 Å². The molecule has 0 radical (unpaired) electrons. The molecule has 0 aliphatic carbocycles. The molecule has 14 heteroatoms. The second-order valence-electron chi connectivity index (χ2n) is 5.23. The van der Waals surface area contributed by atoms with Crippen molar-refractivity contribution in [2.24, 2.45) is 0 Å². The number of carbonyl (C=O) groups excluding carboxylic acids is 1. The van der Waals surface area contributed by atoms with Crippen LogP contribution in [0.1, 0.15) is 6.92 Å². The van der Waals surface area contributed by atoms with Gasteiger partial charge in [-0.05, 0) is 4.53 Å². The molecular formula is C10H20FNO10P2. The van der Waals surface area contributed by atoms with Gasteiger partial charge >= 0.3 is 15.2 Å². The van der Waals surface area contributed by atoms with Gasteiger partial charge in [0.25, 0.3) is 0 Å². The molecular weight excluding hydrogens is 375 g/mol. The number of hydrogen-bond acceptors (Lipinski definition) is 10. The molecule has 0 bridgehead atoms. The Bertz CT molecular complexity index is 548.